The van der Waals surface area contributed by atoms with E-state index in [0.29, 0.717) is 60.5 Å². The molecule has 3 rings (SSSR count). The van der Waals surface area contributed by atoms with Crippen LogP contribution in [0, 0.1) is 21.4 Å². The van der Waals surface area contributed by atoms with Crippen molar-refractivity contribution < 1.29 is 24.2 Å². The zero-order valence-electron chi connectivity index (χ0n) is 26.2. The molecule has 0 spiro atoms. The minimum Gasteiger partial charge on any atom is -0.493 e. The van der Waals surface area contributed by atoms with Gasteiger partial charge in [0.25, 0.3) is 10.6 Å². The number of hydrogen-bond acceptors (Lipinski definition) is 12. The Balaban J connectivity index is 0.000000523. The number of nitrogens with zero attached hydrogens (tertiary/aromatic N) is 3. The van der Waals surface area contributed by atoms with Gasteiger partial charge in [0.15, 0.2) is 0 Å². The Morgan fingerprint density at radius 3 is 2.66 bits per heavy atom. The van der Waals surface area contributed by atoms with Crippen molar-refractivity contribution in [1.29, 1.82) is 5.41 Å². The van der Waals surface area contributed by atoms with E-state index in [0.717, 1.165) is 62.1 Å². The van der Waals surface area contributed by atoms with Crippen LogP contribution in [0.3, 0.4) is 0 Å². The summed E-state index contributed by atoms with van der Waals surface area (Å²) in [6.07, 6.45) is 7.24. The normalized spacial score (nSPS) is 12.9. The molecule has 1 aromatic heterocycles. The summed E-state index contributed by atoms with van der Waals surface area (Å²) in [7, 11) is 3.42. The largest absolute Gasteiger partial charge is 0.493 e. The molecule has 0 saturated carbocycles. The molecule has 0 aliphatic carbocycles. The van der Waals surface area contributed by atoms with Crippen LogP contribution in [-0.2, 0) is 14.4 Å². The number of unbranched alkanes of at least 4 members (excludes halogenated alkanes) is 3. The van der Waals surface area contributed by atoms with Gasteiger partial charge in [0.2, 0.25) is 0 Å². The molecule has 1 aliphatic heterocycles. The number of aromatic nitrogens is 2. The van der Waals surface area contributed by atoms with Gasteiger partial charge in [0.05, 0.1) is 24.5 Å². The van der Waals surface area contributed by atoms with E-state index in [2.05, 4.69) is 24.4 Å². The lowest BCUT2D eigenvalue weighted by molar-refractivity contribution is -0.757. The summed E-state index contributed by atoms with van der Waals surface area (Å²) in [5, 5.41) is 20.1. The van der Waals surface area contributed by atoms with Crippen LogP contribution >= 0.6 is 11.9 Å². The third-order valence-electron chi connectivity index (χ3n) is 6.74. The highest BCUT2D eigenvalue weighted by Gasteiger charge is 2.27. The second-order valence-electron chi connectivity index (χ2n) is 10.2. The number of aldehydes is 1. The molecule has 0 atom stereocenters. The van der Waals surface area contributed by atoms with E-state index in [9.17, 15) is 19.7 Å². The SMILES string of the molecule is CCCC(=N)c1nc(-c2cc(SN3CC(CCCOC)C3)ccc2OCC)[nH]c(=O)c1NC.O=CCCCCCO[N+](=O)[O-]. The molecule has 0 unspecified atom stereocenters. The van der Waals surface area contributed by atoms with Gasteiger partial charge in [-0.25, -0.2) is 9.29 Å². The van der Waals surface area contributed by atoms with Crippen molar-refractivity contribution >= 4 is 29.6 Å². The summed E-state index contributed by atoms with van der Waals surface area (Å²) < 4.78 is 13.3. The number of carbonyl (C=O) groups is 1. The summed E-state index contributed by atoms with van der Waals surface area (Å²) in [6, 6.07) is 5.98. The van der Waals surface area contributed by atoms with Crippen LogP contribution in [0.2, 0.25) is 0 Å². The maximum Gasteiger partial charge on any atom is 0.294 e. The van der Waals surface area contributed by atoms with Crippen molar-refractivity contribution in [3.05, 3.63) is 44.4 Å². The van der Waals surface area contributed by atoms with Gasteiger partial charge < -0.3 is 34.8 Å². The molecule has 44 heavy (non-hydrogen) atoms. The molecule has 2 aromatic rings. The molecule has 0 bridgehead atoms. The predicted molar refractivity (Wildman–Crippen MR) is 172 cm³/mol. The van der Waals surface area contributed by atoms with Gasteiger partial charge in [-0.05, 0) is 75.1 Å². The van der Waals surface area contributed by atoms with E-state index >= 15 is 0 Å². The number of carbonyl (C=O) groups excluding carboxylic acids is 1. The van der Waals surface area contributed by atoms with Crippen molar-refractivity contribution in [2.45, 2.75) is 70.1 Å². The van der Waals surface area contributed by atoms with Crippen LogP contribution in [0.5, 0.6) is 5.75 Å². The lowest BCUT2D eigenvalue weighted by atomic mass is 9.98. The highest BCUT2D eigenvalue weighted by Crippen LogP contribution is 2.37. The molecule has 1 fully saturated rings. The first-order chi connectivity index (χ1) is 21.3. The number of benzene rings is 1. The minimum absolute atomic E-state index is 0.131. The fraction of sp³-hybridized carbons (Fsp3) is 0.600. The molecule has 14 heteroatoms. The maximum atomic E-state index is 12.8. The summed E-state index contributed by atoms with van der Waals surface area (Å²) >= 11 is 1.71. The van der Waals surface area contributed by atoms with Gasteiger partial charge in [-0.2, -0.15) is 0 Å². The van der Waals surface area contributed by atoms with Crippen LogP contribution in [-0.4, -0.2) is 78.4 Å². The van der Waals surface area contributed by atoms with Crippen molar-refractivity contribution in [3.8, 4) is 17.1 Å². The smallest absolute Gasteiger partial charge is 0.294 e. The number of anilines is 1. The van der Waals surface area contributed by atoms with E-state index in [1.165, 1.54) is 6.42 Å². The number of ether oxygens (including phenoxy) is 2. The fourth-order valence-electron chi connectivity index (χ4n) is 4.54. The monoisotopic (exact) mass is 634 g/mol. The number of rotatable bonds is 20. The molecule has 1 aromatic carbocycles. The van der Waals surface area contributed by atoms with Crippen molar-refractivity contribution in [1.82, 2.24) is 14.3 Å². The number of H-pyrrole nitrogens is 1. The van der Waals surface area contributed by atoms with Gasteiger partial charge in [-0.3, -0.25) is 4.79 Å². The third-order valence-corrected chi connectivity index (χ3v) is 7.76. The average Bonchev–Trinajstić information content (AvgIpc) is 2.98. The van der Waals surface area contributed by atoms with E-state index in [-0.39, 0.29) is 12.2 Å². The van der Waals surface area contributed by atoms with Crippen molar-refractivity contribution in [2.24, 2.45) is 5.92 Å². The average molecular weight is 635 g/mol. The molecule has 244 valence electrons. The Kier molecular flexibility index (Phi) is 17.1. The van der Waals surface area contributed by atoms with Gasteiger partial charge >= 0.3 is 0 Å². The summed E-state index contributed by atoms with van der Waals surface area (Å²) in [6.45, 7) is 7.51. The first-order valence-corrected chi connectivity index (χ1v) is 15.8. The Morgan fingerprint density at radius 1 is 1.25 bits per heavy atom. The fourth-order valence-corrected chi connectivity index (χ4v) is 5.71. The van der Waals surface area contributed by atoms with Crippen molar-refractivity contribution in [2.75, 3.05) is 52.4 Å². The van der Waals surface area contributed by atoms with E-state index in [4.69, 9.17) is 14.9 Å². The molecule has 1 saturated heterocycles. The van der Waals surface area contributed by atoms with Crippen LogP contribution in [0.15, 0.2) is 27.9 Å². The molecule has 1 aliphatic rings. The minimum atomic E-state index is -0.806. The molecular formula is C30H46N6O7S. The van der Waals surface area contributed by atoms with Gasteiger partial charge in [0, 0.05) is 45.2 Å². The summed E-state index contributed by atoms with van der Waals surface area (Å²) in [5.74, 6) is 1.80. The molecule has 0 amide bonds. The molecular weight excluding hydrogens is 588 g/mol. The number of nitrogens with one attached hydrogen (secondary N) is 3. The van der Waals surface area contributed by atoms with E-state index in [1.807, 2.05) is 32.0 Å². The van der Waals surface area contributed by atoms with Crippen molar-refractivity contribution in [3.63, 3.8) is 0 Å². The molecule has 2 heterocycles. The Hall–Kier alpha value is -3.49. The molecule has 13 nitrogen and oxygen atoms in total. The van der Waals surface area contributed by atoms with Gasteiger partial charge in [-0.15, -0.1) is 10.1 Å². The second-order valence-corrected chi connectivity index (χ2v) is 11.4. The Bertz CT molecular complexity index is 1250. The van der Waals surface area contributed by atoms with Gasteiger partial charge in [0.1, 0.15) is 29.2 Å². The van der Waals surface area contributed by atoms with Crippen LogP contribution in [0.25, 0.3) is 11.4 Å². The predicted octanol–water partition coefficient (Wildman–Crippen LogP) is 5.36. The highest BCUT2D eigenvalue weighted by atomic mass is 32.2. The molecule has 3 N–H and O–H groups in total. The lowest BCUT2D eigenvalue weighted by Gasteiger charge is -2.38. The van der Waals surface area contributed by atoms with Crippen LogP contribution in [0.1, 0.15) is 70.9 Å². The highest BCUT2D eigenvalue weighted by molar-refractivity contribution is 7.97. The van der Waals surface area contributed by atoms with E-state index < -0.39 is 5.09 Å². The number of hydrogen-bond donors (Lipinski definition) is 3. The number of aromatic amines is 1. The first-order valence-electron chi connectivity index (χ1n) is 15.1. The topological polar surface area (TPSA) is 173 Å². The lowest BCUT2D eigenvalue weighted by Crippen LogP contribution is -2.41. The zero-order valence-corrected chi connectivity index (χ0v) is 27.0. The Morgan fingerprint density at radius 2 is 2.02 bits per heavy atom. The maximum absolute atomic E-state index is 12.8. The first kappa shape index (κ1) is 36.7. The standard InChI is InChI=1S/C24H35N5O3S.C6H11NO4/c1-5-8-19(25)21-22(26-3)24(30)28-23(27-21)18-13-17(10-11-20(18)32-6-2)33-29-14-16(15-29)9-7-12-31-4;8-5-3-1-2-4-6-11-7(9)10/h10-11,13,16,25-26H,5-9,12,14-15H2,1-4H3,(H,27,28,30);5H,1-4,6H2. The summed E-state index contributed by atoms with van der Waals surface area (Å²) in [5.41, 5.74) is 1.49. The van der Waals surface area contributed by atoms with E-state index in [1.54, 1.807) is 26.1 Å². The van der Waals surface area contributed by atoms with Gasteiger partial charge in [-0.1, -0.05) is 19.8 Å². The Labute approximate surface area is 263 Å². The summed E-state index contributed by atoms with van der Waals surface area (Å²) in [4.78, 5) is 44.9. The second kappa shape index (κ2) is 20.5. The van der Waals surface area contributed by atoms with Crippen LogP contribution in [0.4, 0.5) is 5.69 Å². The number of methoxy groups -OCH3 is 1. The zero-order chi connectivity index (χ0) is 32.3. The third kappa shape index (κ3) is 12.2. The molecule has 0 radical (unpaired) electrons. The quantitative estimate of drug-likeness (QED) is 0.0427. The van der Waals surface area contributed by atoms with Crippen LogP contribution < -0.4 is 15.6 Å².